The van der Waals surface area contributed by atoms with E-state index in [2.05, 4.69) is 367 Å². The second-order valence-corrected chi connectivity index (χ2v) is 26.1. The van der Waals surface area contributed by atoms with Gasteiger partial charge >= 0.3 is 0 Å². The molecule has 20 rings (SSSR count). The zero-order valence-corrected chi connectivity index (χ0v) is 53.4. The van der Waals surface area contributed by atoms with Gasteiger partial charge < -0.3 is 9.13 Å². The summed E-state index contributed by atoms with van der Waals surface area (Å²) in [5, 5.41) is 19.7. The molecule has 3 nitrogen and oxygen atoms in total. The molecule has 3 aromatic heterocycles. The molecule has 0 spiro atoms. The van der Waals surface area contributed by atoms with Crippen molar-refractivity contribution >= 4 is 108 Å². The van der Waals surface area contributed by atoms with E-state index in [9.17, 15) is 0 Å². The van der Waals surface area contributed by atoms with Gasteiger partial charge in [-0.3, -0.25) is 0 Å². The molecule has 0 saturated carbocycles. The molecule has 17 aromatic carbocycles. The van der Waals surface area contributed by atoms with E-state index < -0.39 is 0 Å². The third-order valence-electron chi connectivity index (χ3n) is 20.6. The van der Waals surface area contributed by atoms with Crippen molar-refractivity contribution in [1.29, 1.82) is 0 Å². The van der Waals surface area contributed by atoms with Gasteiger partial charge in [0.05, 0.1) is 33.5 Å². The minimum absolute atomic E-state index is 0.910. The van der Waals surface area contributed by atoms with Crippen molar-refractivity contribution in [3.8, 4) is 89.5 Å². The van der Waals surface area contributed by atoms with Gasteiger partial charge in [0.1, 0.15) is 0 Å². The fourth-order valence-corrected chi connectivity index (χ4v) is 16.0. The van der Waals surface area contributed by atoms with Crippen LogP contribution in [-0.4, -0.2) is 14.1 Å². The van der Waals surface area contributed by atoms with Crippen molar-refractivity contribution in [3.63, 3.8) is 0 Å². The van der Waals surface area contributed by atoms with Crippen LogP contribution in [0.1, 0.15) is 0 Å². The molecule has 0 bridgehead atoms. The summed E-state index contributed by atoms with van der Waals surface area (Å²) >= 11 is 0. The molecule has 0 fully saturated rings. The maximum absolute atomic E-state index is 5.52. The summed E-state index contributed by atoms with van der Waals surface area (Å²) in [6.45, 7) is 0. The first-order chi connectivity index (χ1) is 48.6. The van der Waals surface area contributed by atoms with Crippen molar-refractivity contribution in [3.05, 3.63) is 358 Å². The Labute approximate surface area is 566 Å². The lowest BCUT2D eigenvalue weighted by Gasteiger charge is -2.15. The number of benzene rings is 17. The number of nitrogens with zero attached hydrogens (tertiary/aromatic N) is 3. The van der Waals surface area contributed by atoms with E-state index in [1.165, 1.54) is 136 Å². The molecule has 0 aliphatic rings. The van der Waals surface area contributed by atoms with Crippen LogP contribution in [0, 0.1) is 0 Å². The molecule has 0 N–H and O–H groups in total. The predicted octanol–water partition coefficient (Wildman–Crippen LogP) is 25.9. The van der Waals surface area contributed by atoms with Gasteiger partial charge in [-0.2, -0.15) is 0 Å². The molecule has 3 heteroatoms. The Hall–Kier alpha value is -13.0. The molecule has 3 heterocycles. The number of para-hydroxylation sites is 2. The summed E-state index contributed by atoms with van der Waals surface area (Å²) < 4.78 is 5.00. The number of rotatable bonds is 9. The van der Waals surface area contributed by atoms with Crippen LogP contribution in [0.3, 0.4) is 0 Å². The van der Waals surface area contributed by atoms with Crippen molar-refractivity contribution in [2.24, 2.45) is 0 Å². The summed E-state index contributed by atoms with van der Waals surface area (Å²) in [6.07, 6.45) is 0. The second kappa shape index (κ2) is 22.4. The maximum Gasteiger partial charge on any atom is 0.0716 e. The number of hydrogen-bond donors (Lipinski definition) is 0. The molecule has 98 heavy (non-hydrogen) atoms. The van der Waals surface area contributed by atoms with Gasteiger partial charge in [0.2, 0.25) is 0 Å². The third-order valence-corrected chi connectivity index (χ3v) is 20.6. The molecule has 0 aliphatic heterocycles. The number of aromatic nitrogens is 3. The van der Waals surface area contributed by atoms with E-state index in [1.807, 2.05) is 0 Å². The molecule has 0 atom stereocenters. The van der Waals surface area contributed by atoms with Gasteiger partial charge in [-0.1, -0.05) is 279 Å². The molecule has 20 aromatic rings. The molecule has 0 radical (unpaired) electrons. The lowest BCUT2D eigenvalue weighted by Crippen LogP contribution is -1.97. The van der Waals surface area contributed by atoms with Crippen LogP contribution in [0.2, 0.25) is 0 Å². The molecule has 0 aliphatic carbocycles. The van der Waals surface area contributed by atoms with Gasteiger partial charge in [0, 0.05) is 54.8 Å². The van der Waals surface area contributed by atoms with Crippen LogP contribution in [0.4, 0.5) is 0 Å². The Morgan fingerprint density at radius 2 is 0.531 bits per heavy atom. The Morgan fingerprint density at radius 1 is 0.173 bits per heavy atom. The van der Waals surface area contributed by atoms with Crippen molar-refractivity contribution < 1.29 is 0 Å². The zero-order valence-electron chi connectivity index (χ0n) is 53.4. The summed E-state index contributed by atoms with van der Waals surface area (Å²) in [5.74, 6) is 0. The van der Waals surface area contributed by atoms with Gasteiger partial charge in [-0.25, -0.2) is 4.98 Å². The molecule has 454 valence electrons. The monoisotopic (exact) mass is 1240 g/mol. The molecule has 0 saturated heterocycles. The summed E-state index contributed by atoms with van der Waals surface area (Å²) in [4.78, 5) is 5.52. The Kier molecular flexibility index (Phi) is 12.7. The van der Waals surface area contributed by atoms with Crippen LogP contribution >= 0.6 is 0 Å². The topological polar surface area (TPSA) is 22.8 Å². The minimum atomic E-state index is 0.910. The van der Waals surface area contributed by atoms with Crippen LogP contribution < -0.4 is 0 Å². The van der Waals surface area contributed by atoms with Crippen molar-refractivity contribution in [2.45, 2.75) is 0 Å². The summed E-state index contributed by atoms with van der Waals surface area (Å²) in [6, 6.07) is 132. The quantitative estimate of drug-likeness (QED) is 0.132. The third kappa shape index (κ3) is 9.01. The average molecular weight is 1240 g/mol. The zero-order chi connectivity index (χ0) is 64.4. The highest BCUT2D eigenvalue weighted by Gasteiger charge is 2.22. The van der Waals surface area contributed by atoms with Crippen LogP contribution in [0.25, 0.3) is 198 Å². The Morgan fingerprint density at radius 3 is 1.11 bits per heavy atom. The average Bonchev–Trinajstić information content (AvgIpc) is 1.55. The number of pyridine rings is 1. The SMILES string of the molecule is c1ccc(-c2cc(-c3ccccc3)cc(-c3cccc(-n4c5ccccc5c5ccc6ccc7c8cc(-c9cccc(-c%10cc(-c%11ccccc%11)nc(-c%11cccc(-n%12c%13ccccc%13c%13ccc%14ccc%15c%16ccccc%16ccc%15c%14c%13%12)c%11)c%10)c9)ccc8ccc7c6c54)c3)c2)cc1. The van der Waals surface area contributed by atoms with Crippen LogP contribution in [0.5, 0.6) is 0 Å². The molecule has 0 unspecified atom stereocenters. The van der Waals surface area contributed by atoms with Crippen LogP contribution in [-0.2, 0) is 0 Å². The summed E-state index contributed by atoms with van der Waals surface area (Å²) in [5.41, 5.74) is 22.6. The fraction of sp³-hybridized carbons (Fsp3) is 0. The number of fused-ring (bicyclic) bond motifs is 18. The predicted molar refractivity (Wildman–Crippen MR) is 416 cm³/mol. The van der Waals surface area contributed by atoms with E-state index in [0.717, 1.165) is 61.7 Å². The van der Waals surface area contributed by atoms with Gasteiger partial charge in [-0.15, -0.1) is 0 Å². The van der Waals surface area contributed by atoms with E-state index in [1.54, 1.807) is 0 Å². The molecular weight excluding hydrogens is 1180 g/mol. The Bertz CT molecular complexity index is 6600. The van der Waals surface area contributed by atoms with E-state index >= 15 is 0 Å². The van der Waals surface area contributed by atoms with Gasteiger partial charge in [0.15, 0.2) is 0 Å². The normalized spacial score (nSPS) is 11.9. The van der Waals surface area contributed by atoms with Crippen LogP contribution in [0.15, 0.2) is 358 Å². The van der Waals surface area contributed by atoms with E-state index in [-0.39, 0.29) is 0 Å². The van der Waals surface area contributed by atoms with Gasteiger partial charge in [-0.05, 0) is 188 Å². The first kappa shape index (κ1) is 55.5. The summed E-state index contributed by atoms with van der Waals surface area (Å²) in [7, 11) is 0. The van der Waals surface area contributed by atoms with Crippen molar-refractivity contribution in [2.75, 3.05) is 0 Å². The smallest absolute Gasteiger partial charge is 0.0716 e. The Balaban J connectivity index is 0.712. The highest BCUT2D eigenvalue weighted by molar-refractivity contribution is 6.30. The maximum atomic E-state index is 5.52. The van der Waals surface area contributed by atoms with Gasteiger partial charge in [0.25, 0.3) is 0 Å². The van der Waals surface area contributed by atoms with E-state index in [0.29, 0.717) is 0 Å². The highest BCUT2D eigenvalue weighted by atomic mass is 15.0. The first-order valence-electron chi connectivity index (χ1n) is 33.8. The first-order valence-corrected chi connectivity index (χ1v) is 33.8. The lowest BCUT2D eigenvalue weighted by molar-refractivity contribution is 1.18. The lowest BCUT2D eigenvalue weighted by atomic mass is 9.92. The number of hydrogen-bond acceptors (Lipinski definition) is 1. The highest BCUT2D eigenvalue weighted by Crippen LogP contribution is 2.46. The standard InChI is InChI=1S/C95H59N3/c1-4-19-60(20-5-1)72-52-73(61-21-6-2-7-22-61)54-74(53-72)69-28-17-30-76(55-69)97-90-35-14-12-33-81(90)86-50-44-66-42-46-80-84(93(66)95(86)97)48-40-63-37-38-70(57-87(63)80)67-26-16-27-68(51-67)75-58-88(64-24-8-3-9-25-64)96-89(59-75)71-29-18-31-77(56-71)98-91-36-15-13-34-82(91)85-49-43-65-41-45-79-78-32-11-10-23-62(78)39-47-83(79)92(65)94(85)98/h1-59H. The fourth-order valence-electron chi connectivity index (χ4n) is 16.0. The second-order valence-electron chi connectivity index (χ2n) is 26.1. The largest absolute Gasteiger partial charge is 0.309 e. The van der Waals surface area contributed by atoms with E-state index in [4.69, 9.17) is 4.98 Å². The molecule has 0 amide bonds. The minimum Gasteiger partial charge on any atom is -0.309 e. The molecular formula is C95H59N3. The van der Waals surface area contributed by atoms with Crippen molar-refractivity contribution in [1.82, 2.24) is 14.1 Å².